The highest BCUT2D eigenvalue weighted by Crippen LogP contribution is 2.12. The van der Waals surface area contributed by atoms with Gasteiger partial charge in [0, 0.05) is 13.1 Å². The SMILES string of the molecule is CCCCCCCCN1C[C@@H](C)O[C@@H](C)C1. The van der Waals surface area contributed by atoms with Crippen molar-refractivity contribution in [3.05, 3.63) is 0 Å². The van der Waals surface area contributed by atoms with E-state index in [0.29, 0.717) is 12.2 Å². The molecule has 0 spiro atoms. The van der Waals surface area contributed by atoms with E-state index in [2.05, 4.69) is 25.7 Å². The first-order valence-corrected chi connectivity index (χ1v) is 7.10. The molecule has 2 atom stereocenters. The molecular formula is C14H29NO. The predicted molar refractivity (Wildman–Crippen MR) is 69.8 cm³/mol. The summed E-state index contributed by atoms with van der Waals surface area (Å²) in [4.78, 5) is 2.57. The maximum Gasteiger partial charge on any atom is 0.0678 e. The lowest BCUT2D eigenvalue weighted by molar-refractivity contribution is -0.0681. The van der Waals surface area contributed by atoms with Crippen molar-refractivity contribution < 1.29 is 4.74 Å². The predicted octanol–water partition coefficient (Wildman–Crippen LogP) is 3.46. The minimum atomic E-state index is 0.420. The maximum absolute atomic E-state index is 5.73. The molecule has 16 heavy (non-hydrogen) atoms. The van der Waals surface area contributed by atoms with Gasteiger partial charge >= 0.3 is 0 Å². The summed E-state index contributed by atoms with van der Waals surface area (Å²) < 4.78 is 5.73. The molecule has 1 aliphatic heterocycles. The number of rotatable bonds is 7. The van der Waals surface area contributed by atoms with Crippen LogP contribution < -0.4 is 0 Å². The number of unbranched alkanes of at least 4 members (excludes halogenated alkanes) is 5. The molecule has 1 heterocycles. The van der Waals surface area contributed by atoms with Crippen molar-refractivity contribution in [2.24, 2.45) is 0 Å². The van der Waals surface area contributed by atoms with Gasteiger partial charge in [-0.2, -0.15) is 0 Å². The van der Waals surface area contributed by atoms with Gasteiger partial charge in [-0.3, -0.25) is 4.90 Å². The van der Waals surface area contributed by atoms with Gasteiger partial charge in [-0.15, -0.1) is 0 Å². The van der Waals surface area contributed by atoms with Crippen LogP contribution in [0.2, 0.25) is 0 Å². The Kier molecular flexibility index (Phi) is 7.06. The minimum absolute atomic E-state index is 0.420. The first kappa shape index (κ1) is 14.0. The topological polar surface area (TPSA) is 12.5 Å². The summed E-state index contributed by atoms with van der Waals surface area (Å²) in [5, 5.41) is 0. The highest BCUT2D eigenvalue weighted by Gasteiger charge is 2.21. The molecule has 1 saturated heterocycles. The molecule has 0 aromatic heterocycles. The molecule has 0 N–H and O–H groups in total. The molecule has 0 aliphatic carbocycles. The highest BCUT2D eigenvalue weighted by atomic mass is 16.5. The molecule has 0 aromatic rings. The van der Waals surface area contributed by atoms with Crippen molar-refractivity contribution in [1.29, 1.82) is 0 Å². The van der Waals surface area contributed by atoms with E-state index in [1.54, 1.807) is 0 Å². The lowest BCUT2D eigenvalue weighted by Crippen LogP contribution is -2.45. The second kappa shape index (κ2) is 8.08. The zero-order valence-corrected chi connectivity index (χ0v) is 11.4. The summed E-state index contributed by atoms with van der Waals surface area (Å²) in [6, 6.07) is 0. The Morgan fingerprint density at radius 1 is 0.938 bits per heavy atom. The molecule has 2 heteroatoms. The summed E-state index contributed by atoms with van der Waals surface area (Å²) in [7, 11) is 0. The van der Waals surface area contributed by atoms with Gasteiger partial charge in [0.15, 0.2) is 0 Å². The quantitative estimate of drug-likeness (QED) is 0.618. The van der Waals surface area contributed by atoms with E-state index < -0.39 is 0 Å². The van der Waals surface area contributed by atoms with Gasteiger partial charge in [-0.25, -0.2) is 0 Å². The van der Waals surface area contributed by atoms with Gasteiger partial charge in [0.1, 0.15) is 0 Å². The normalized spacial score (nSPS) is 27.2. The second-order valence-corrected chi connectivity index (χ2v) is 5.28. The third-order valence-corrected chi connectivity index (χ3v) is 3.32. The van der Waals surface area contributed by atoms with Crippen LogP contribution in [0.3, 0.4) is 0 Å². The third-order valence-electron chi connectivity index (χ3n) is 3.32. The second-order valence-electron chi connectivity index (χ2n) is 5.28. The molecule has 96 valence electrons. The van der Waals surface area contributed by atoms with Crippen LogP contribution in [0.5, 0.6) is 0 Å². The van der Waals surface area contributed by atoms with E-state index in [1.165, 1.54) is 45.1 Å². The summed E-state index contributed by atoms with van der Waals surface area (Å²) >= 11 is 0. The van der Waals surface area contributed by atoms with Crippen molar-refractivity contribution in [3.63, 3.8) is 0 Å². The van der Waals surface area contributed by atoms with E-state index in [0.717, 1.165) is 13.1 Å². The summed E-state index contributed by atoms with van der Waals surface area (Å²) in [6.45, 7) is 10.2. The fraction of sp³-hybridized carbons (Fsp3) is 1.00. The van der Waals surface area contributed by atoms with Gasteiger partial charge in [0.2, 0.25) is 0 Å². The zero-order chi connectivity index (χ0) is 11.8. The van der Waals surface area contributed by atoms with Crippen LogP contribution in [0.4, 0.5) is 0 Å². The molecule has 0 unspecified atom stereocenters. The van der Waals surface area contributed by atoms with E-state index in [1.807, 2.05) is 0 Å². The molecular weight excluding hydrogens is 198 g/mol. The first-order valence-electron chi connectivity index (χ1n) is 7.10. The largest absolute Gasteiger partial charge is 0.373 e. The Bertz CT molecular complexity index is 162. The molecule has 0 saturated carbocycles. The first-order chi connectivity index (χ1) is 7.72. The summed E-state index contributed by atoms with van der Waals surface area (Å²) in [5.74, 6) is 0. The van der Waals surface area contributed by atoms with Crippen LogP contribution in [0, 0.1) is 0 Å². The summed E-state index contributed by atoms with van der Waals surface area (Å²) in [5.41, 5.74) is 0. The van der Waals surface area contributed by atoms with Crippen molar-refractivity contribution >= 4 is 0 Å². The van der Waals surface area contributed by atoms with Crippen LogP contribution in [0.15, 0.2) is 0 Å². The van der Waals surface area contributed by atoms with Gasteiger partial charge in [0.25, 0.3) is 0 Å². The molecule has 1 rings (SSSR count). The number of morpholine rings is 1. The minimum Gasteiger partial charge on any atom is -0.373 e. The molecule has 0 radical (unpaired) electrons. The lowest BCUT2D eigenvalue weighted by Gasteiger charge is -2.35. The molecule has 0 aromatic carbocycles. The summed E-state index contributed by atoms with van der Waals surface area (Å²) in [6.07, 6.45) is 9.20. The Labute approximate surface area is 101 Å². The standard InChI is InChI=1S/C14H29NO/c1-4-5-6-7-8-9-10-15-11-13(2)16-14(3)12-15/h13-14H,4-12H2,1-3H3/t13-,14+. The van der Waals surface area contributed by atoms with E-state index in [9.17, 15) is 0 Å². The lowest BCUT2D eigenvalue weighted by atomic mass is 10.1. The zero-order valence-electron chi connectivity index (χ0n) is 11.4. The van der Waals surface area contributed by atoms with Crippen LogP contribution in [0.1, 0.15) is 59.3 Å². The van der Waals surface area contributed by atoms with Crippen LogP contribution in [0.25, 0.3) is 0 Å². The van der Waals surface area contributed by atoms with Gasteiger partial charge in [0.05, 0.1) is 12.2 Å². The van der Waals surface area contributed by atoms with Crippen molar-refractivity contribution in [2.45, 2.75) is 71.5 Å². The Morgan fingerprint density at radius 2 is 1.50 bits per heavy atom. The van der Waals surface area contributed by atoms with Gasteiger partial charge in [-0.05, 0) is 26.8 Å². The Hall–Kier alpha value is -0.0800. The van der Waals surface area contributed by atoms with Crippen LogP contribution in [-0.2, 0) is 4.74 Å². The van der Waals surface area contributed by atoms with E-state index in [-0.39, 0.29) is 0 Å². The van der Waals surface area contributed by atoms with E-state index >= 15 is 0 Å². The molecule has 0 amide bonds. The van der Waals surface area contributed by atoms with Gasteiger partial charge in [-0.1, -0.05) is 39.0 Å². The molecule has 2 nitrogen and oxygen atoms in total. The average molecular weight is 227 g/mol. The highest BCUT2D eigenvalue weighted by molar-refractivity contribution is 4.72. The van der Waals surface area contributed by atoms with Crippen molar-refractivity contribution in [3.8, 4) is 0 Å². The van der Waals surface area contributed by atoms with Crippen molar-refractivity contribution in [2.75, 3.05) is 19.6 Å². The van der Waals surface area contributed by atoms with Crippen LogP contribution in [-0.4, -0.2) is 36.7 Å². The maximum atomic E-state index is 5.73. The van der Waals surface area contributed by atoms with Gasteiger partial charge < -0.3 is 4.74 Å². The number of nitrogens with zero attached hydrogens (tertiary/aromatic N) is 1. The number of hydrogen-bond donors (Lipinski definition) is 0. The number of hydrogen-bond acceptors (Lipinski definition) is 2. The number of ether oxygens (including phenoxy) is 1. The third kappa shape index (κ3) is 5.86. The monoisotopic (exact) mass is 227 g/mol. The average Bonchev–Trinajstić information content (AvgIpc) is 2.22. The molecule has 1 aliphatic rings. The Balaban J connectivity index is 1.99. The van der Waals surface area contributed by atoms with Crippen LogP contribution >= 0.6 is 0 Å². The fourth-order valence-electron chi connectivity index (χ4n) is 2.58. The molecule has 0 bridgehead atoms. The van der Waals surface area contributed by atoms with E-state index in [4.69, 9.17) is 4.74 Å². The molecule has 1 fully saturated rings. The smallest absolute Gasteiger partial charge is 0.0678 e. The fourth-order valence-corrected chi connectivity index (χ4v) is 2.58. The van der Waals surface area contributed by atoms with Crippen molar-refractivity contribution in [1.82, 2.24) is 4.90 Å². The Morgan fingerprint density at radius 3 is 2.12 bits per heavy atom.